The standard InChI is InChI=1S/C42H65N6O11P/c1-28(2)21-35(45-42(55)37-18-14-20-48(37)30(4)50)38(51)23-32(41(54)46-36(26-49)39(52)24-34(40(43)53)29(3)59-60(56,57)58)22-33-25-44-27-47(33)19-13-8-6-5-7-10-15-31-16-11-9-12-17-31/h9,11-12,16-17,25,27-29,32,34-37,49H,5-8,10,13-15,18-24,26H2,1-4H3,(H2,43,53)(H,45,55)(H,46,54)(H2,56,57,58)/p+1/t29-,32-,34+,35+,36+,37+/m1/s1. The predicted molar refractivity (Wildman–Crippen MR) is 224 cm³/mol. The number of rotatable bonds is 28. The zero-order valence-corrected chi connectivity index (χ0v) is 36.3. The molecule has 3 rings (SSSR count). The first-order valence-electron chi connectivity index (χ1n) is 21.0. The van der Waals surface area contributed by atoms with Gasteiger partial charge in [-0.3, -0.25) is 38.6 Å². The van der Waals surface area contributed by atoms with Gasteiger partial charge in [0, 0.05) is 58.1 Å². The predicted octanol–water partition coefficient (Wildman–Crippen LogP) is 2.67. The number of unbranched alkanes of at least 4 members (excludes halogenated alkanes) is 5. The minimum absolute atomic E-state index is 0.0224. The number of nitrogens with one attached hydrogen (secondary N) is 2. The second-order valence-electron chi connectivity index (χ2n) is 16.4. The highest BCUT2D eigenvalue weighted by atomic mass is 31.2. The van der Waals surface area contributed by atoms with E-state index in [9.17, 15) is 48.2 Å². The van der Waals surface area contributed by atoms with E-state index in [1.807, 2.05) is 24.5 Å². The molecule has 0 spiro atoms. The lowest BCUT2D eigenvalue weighted by atomic mass is 9.89. The maximum absolute atomic E-state index is 14.1. The van der Waals surface area contributed by atoms with Gasteiger partial charge < -0.3 is 35.5 Å². The number of amides is 4. The number of primary amides is 1. The molecule has 1 aliphatic rings. The Morgan fingerprint density at radius 3 is 2.20 bits per heavy atom. The van der Waals surface area contributed by atoms with E-state index in [2.05, 4.69) is 44.4 Å². The van der Waals surface area contributed by atoms with Crippen LogP contribution in [0.4, 0.5) is 0 Å². The van der Waals surface area contributed by atoms with Crippen LogP contribution in [0.2, 0.25) is 0 Å². The number of aliphatic hydroxyl groups excluding tert-OH is 1. The van der Waals surface area contributed by atoms with E-state index in [1.165, 1.54) is 24.3 Å². The van der Waals surface area contributed by atoms with E-state index in [-0.39, 0.29) is 31.1 Å². The number of hydrogen-bond donors (Lipinski definition) is 6. The van der Waals surface area contributed by atoms with E-state index in [4.69, 9.17) is 5.73 Å². The minimum Gasteiger partial charge on any atom is -0.394 e. The Bertz CT molecular complexity index is 1770. The highest BCUT2D eigenvalue weighted by Gasteiger charge is 2.39. The molecule has 2 heterocycles. The number of aliphatic hydroxyl groups is 2. The molecule has 1 aromatic carbocycles. The molecule has 0 aliphatic carbocycles. The van der Waals surface area contributed by atoms with Crippen LogP contribution in [-0.4, -0.2) is 106 Å². The maximum Gasteiger partial charge on any atom is 0.630 e. The largest absolute Gasteiger partial charge is 0.630 e. The van der Waals surface area contributed by atoms with E-state index >= 15 is 0 Å². The maximum atomic E-state index is 14.1. The summed E-state index contributed by atoms with van der Waals surface area (Å²) in [5.74, 6) is -6.35. The molecule has 0 radical (unpaired) electrons. The van der Waals surface area contributed by atoms with Crippen LogP contribution >= 0.6 is 7.82 Å². The molecule has 60 heavy (non-hydrogen) atoms. The number of Topliss-reactive ketones (excluding diaryl/α,β-unsaturated/α-hetero) is 2. The molecule has 1 fully saturated rings. The number of aryl methyl sites for hydroxylation is 2. The monoisotopic (exact) mass is 861 g/mol. The quantitative estimate of drug-likeness (QED) is 0.0412. The zero-order chi connectivity index (χ0) is 44.4. The number of likely N-dealkylation sites (tertiary alicyclic amines) is 1. The third-order valence-corrected chi connectivity index (χ3v) is 11.7. The smallest absolute Gasteiger partial charge is 0.394 e. The van der Waals surface area contributed by atoms with Crippen LogP contribution in [0.1, 0.15) is 110 Å². The number of nitrogens with zero attached hydrogens (tertiary/aromatic N) is 3. The van der Waals surface area contributed by atoms with Crippen LogP contribution in [-0.2, 0) is 52.7 Å². The molecular weight excluding hydrogens is 795 g/mol. The number of carbonyl (C=O) groups is 6. The van der Waals surface area contributed by atoms with Crippen LogP contribution in [0, 0.1) is 17.8 Å². The molecule has 6 atom stereocenters. The molecule has 17 nitrogen and oxygen atoms in total. The molecule has 334 valence electrons. The number of hydrogen-bond acceptors (Lipinski definition) is 9. The van der Waals surface area contributed by atoms with Crippen molar-refractivity contribution in [2.24, 2.45) is 23.5 Å². The molecule has 1 aliphatic heterocycles. The van der Waals surface area contributed by atoms with Gasteiger partial charge in [0.2, 0.25) is 23.6 Å². The van der Waals surface area contributed by atoms with Gasteiger partial charge in [-0.25, -0.2) is 4.98 Å². The van der Waals surface area contributed by atoms with Gasteiger partial charge in [-0.05, 0) is 50.0 Å². The topological polar surface area (TPSA) is 264 Å². The number of nitrogens with two attached hydrogens (primary N) is 1. The Morgan fingerprint density at radius 1 is 0.933 bits per heavy atom. The fraction of sp³-hybridized carbons (Fsp3) is 0.643. The summed E-state index contributed by atoms with van der Waals surface area (Å²) in [7, 11) is -4.93. The SMILES string of the molecule is CC(=O)N1CCC[C@H]1C(=O)N[C@@H](CC(C)C)C(=O)C[C@@H](Cc1cncn1CCCCCCCCc1ccccc1)C(=O)N[C@@H](CO)C(=O)C[C@H](C(N)=O)[C@@H](C)[OH+]P(=O)(O)O. The van der Waals surface area contributed by atoms with Gasteiger partial charge in [0.15, 0.2) is 17.7 Å². The Labute approximate surface area is 352 Å². The Kier molecular flexibility index (Phi) is 20.7. The summed E-state index contributed by atoms with van der Waals surface area (Å²) in [5.41, 5.74) is 7.44. The van der Waals surface area contributed by atoms with Crippen molar-refractivity contribution in [3.05, 3.63) is 54.1 Å². The molecule has 0 unspecified atom stereocenters. The first-order valence-corrected chi connectivity index (χ1v) is 22.6. The molecular formula is C42H66N6O11P+. The van der Waals surface area contributed by atoms with Crippen molar-refractivity contribution in [3.63, 3.8) is 0 Å². The minimum atomic E-state index is -4.93. The van der Waals surface area contributed by atoms with E-state index in [0.29, 0.717) is 31.6 Å². The van der Waals surface area contributed by atoms with Crippen molar-refractivity contribution in [1.82, 2.24) is 25.1 Å². The molecule has 0 bridgehead atoms. The Morgan fingerprint density at radius 2 is 1.58 bits per heavy atom. The zero-order valence-electron chi connectivity index (χ0n) is 35.4. The number of ketones is 2. The van der Waals surface area contributed by atoms with Crippen molar-refractivity contribution in [2.45, 2.75) is 142 Å². The average Bonchev–Trinajstić information content (AvgIpc) is 3.86. The first-order chi connectivity index (χ1) is 28.4. The summed E-state index contributed by atoms with van der Waals surface area (Å²) in [6.07, 6.45) is 9.57. The van der Waals surface area contributed by atoms with Crippen molar-refractivity contribution in [2.75, 3.05) is 13.2 Å². The molecule has 2 aromatic rings. The number of carbonyl (C=O) groups excluding carboxylic acids is 6. The van der Waals surface area contributed by atoms with Gasteiger partial charge >= 0.3 is 7.82 Å². The lowest BCUT2D eigenvalue weighted by Crippen LogP contribution is -2.52. The molecule has 4 amide bonds. The van der Waals surface area contributed by atoms with Crippen molar-refractivity contribution >= 4 is 43.0 Å². The lowest BCUT2D eigenvalue weighted by Gasteiger charge is -2.27. The first kappa shape index (κ1) is 50.1. The molecule has 0 saturated carbocycles. The third-order valence-electron chi connectivity index (χ3n) is 11.0. The van der Waals surface area contributed by atoms with E-state index in [1.54, 1.807) is 12.5 Å². The summed E-state index contributed by atoms with van der Waals surface area (Å²) in [6.45, 7) is 6.55. The fourth-order valence-corrected chi connectivity index (χ4v) is 8.34. The number of benzene rings is 1. The van der Waals surface area contributed by atoms with Crippen LogP contribution < -0.4 is 16.4 Å². The third kappa shape index (κ3) is 17.0. The normalized spacial score (nSPS) is 16.8. The van der Waals surface area contributed by atoms with Gasteiger partial charge in [0.25, 0.3) is 0 Å². The summed E-state index contributed by atoms with van der Waals surface area (Å²) in [4.78, 5) is 104. The Balaban J connectivity index is 1.76. The van der Waals surface area contributed by atoms with Crippen LogP contribution in [0.5, 0.6) is 0 Å². The lowest BCUT2D eigenvalue weighted by molar-refractivity contribution is -0.139. The second kappa shape index (κ2) is 24.8. The van der Waals surface area contributed by atoms with Crippen molar-refractivity contribution < 1.29 is 52.7 Å². The highest BCUT2D eigenvalue weighted by molar-refractivity contribution is 7.45. The fourth-order valence-electron chi connectivity index (χ4n) is 7.71. The van der Waals surface area contributed by atoms with E-state index < -0.39 is 86.2 Å². The van der Waals surface area contributed by atoms with Gasteiger partial charge in [-0.15, -0.1) is 0 Å². The van der Waals surface area contributed by atoms with Gasteiger partial charge in [-0.2, -0.15) is 4.57 Å². The van der Waals surface area contributed by atoms with Gasteiger partial charge in [0.05, 0.1) is 24.9 Å². The van der Waals surface area contributed by atoms with Crippen LogP contribution in [0.3, 0.4) is 0 Å². The average molecular weight is 862 g/mol. The van der Waals surface area contributed by atoms with E-state index in [0.717, 1.165) is 44.9 Å². The second-order valence-corrected chi connectivity index (χ2v) is 17.6. The summed E-state index contributed by atoms with van der Waals surface area (Å²) in [5, 5.41) is 15.6. The molecule has 1 saturated heterocycles. The molecule has 18 heteroatoms. The molecule has 1 aromatic heterocycles. The molecule has 8 N–H and O–H groups in total. The summed E-state index contributed by atoms with van der Waals surface area (Å²) in [6, 6.07) is 7.14. The van der Waals surface area contributed by atoms with Crippen molar-refractivity contribution in [3.8, 4) is 0 Å². The number of aromatic nitrogens is 2. The van der Waals surface area contributed by atoms with Crippen molar-refractivity contribution in [1.29, 1.82) is 0 Å². The van der Waals surface area contributed by atoms with Crippen LogP contribution in [0.15, 0.2) is 42.9 Å². The summed E-state index contributed by atoms with van der Waals surface area (Å²) >= 11 is 0. The highest BCUT2D eigenvalue weighted by Crippen LogP contribution is 2.36. The summed E-state index contributed by atoms with van der Waals surface area (Å²) < 4.78 is 16.6. The van der Waals surface area contributed by atoms with Gasteiger partial charge in [-0.1, -0.05) is 69.9 Å². The van der Waals surface area contributed by atoms with Crippen LogP contribution in [0.25, 0.3) is 0 Å². The van der Waals surface area contributed by atoms with Gasteiger partial charge in [0.1, 0.15) is 18.0 Å². The number of imidazole rings is 1. The Hall–Kier alpha value is -4.28.